The van der Waals surface area contributed by atoms with Crippen molar-refractivity contribution in [3.05, 3.63) is 0 Å². The second-order valence-corrected chi connectivity index (χ2v) is 5.01. The van der Waals surface area contributed by atoms with Gasteiger partial charge in [-0.2, -0.15) is 18.4 Å². The molecule has 1 saturated carbocycles. The topological polar surface area (TPSA) is 53.0 Å². The highest BCUT2D eigenvalue weighted by Crippen LogP contribution is 2.31. The Morgan fingerprint density at radius 1 is 1.39 bits per heavy atom. The third-order valence-corrected chi connectivity index (χ3v) is 3.76. The summed E-state index contributed by atoms with van der Waals surface area (Å²) in [5.41, 5.74) is 5.67. The summed E-state index contributed by atoms with van der Waals surface area (Å²) in [4.78, 5) is 1.66. The van der Waals surface area contributed by atoms with Crippen LogP contribution in [0.2, 0.25) is 0 Å². The molecule has 0 saturated heterocycles. The molecule has 0 bridgehead atoms. The Kier molecular flexibility index (Phi) is 5.42. The van der Waals surface area contributed by atoms with Crippen molar-refractivity contribution in [2.75, 3.05) is 20.1 Å². The average molecular weight is 263 g/mol. The molecule has 0 aromatic carbocycles. The van der Waals surface area contributed by atoms with Gasteiger partial charge in [-0.25, -0.2) is 0 Å². The Balaban J connectivity index is 2.63. The van der Waals surface area contributed by atoms with E-state index in [1.165, 1.54) is 6.07 Å². The summed E-state index contributed by atoms with van der Waals surface area (Å²) in [5.74, 6) is -1.67. The van der Waals surface area contributed by atoms with Crippen LogP contribution in [0.1, 0.15) is 25.7 Å². The van der Waals surface area contributed by atoms with Crippen LogP contribution in [0.4, 0.5) is 13.2 Å². The van der Waals surface area contributed by atoms with E-state index < -0.39 is 12.1 Å². The van der Waals surface area contributed by atoms with Crippen molar-refractivity contribution in [1.82, 2.24) is 4.90 Å². The Bertz CT molecular complexity index is 298. The summed E-state index contributed by atoms with van der Waals surface area (Å²) in [6, 6.07) is 1.42. The molecule has 1 fully saturated rings. The lowest BCUT2D eigenvalue weighted by atomic mass is 9.83. The molecule has 0 aliphatic heterocycles. The van der Waals surface area contributed by atoms with E-state index in [0.29, 0.717) is 6.54 Å². The van der Waals surface area contributed by atoms with Gasteiger partial charge in [0, 0.05) is 12.6 Å². The summed E-state index contributed by atoms with van der Waals surface area (Å²) >= 11 is 0. The molecule has 3 nitrogen and oxygen atoms in total. The lowest BCUT2D eigenvalue weighted by molar-refractivity contribution is -0.164. The SMILES string of the molecule is CN(CC(C#N)C(F)(F)F)C1CCCCC1CN. The molecule has 2 N–H and O–H groups in total. The van der Waals surface area contributed by atoms with Crippen molar-refractivity contribution in [3.8, 4) is 6.07 Å². The molecule has 0 heterocycles. The van der Waals surface area contributed by atoms with E-state index in [0.717, 1.165) is 25.7 Å². The zero-order valence-corrected chi connectivity index (χ0v) is 10.6. The van der Waals surface area contributed by atoms with E-state index >= 15 is 0 Å². The van der Waals surface area contributed by atoms with Gasteiger partial charge in [0.1, 0.15) is 0 Å². The van der Waals surface area contributed by atoms with Crippen molar-refractivity contribution in [2.24, 2.45) is 17.6 Å². The van der Waals surface area contributed by atoms with Crippen molar-refractivity contribution in [2.45, 2.75) is 37.9 Å². The smallest absolute Gasteiger partial charge is 0.330 e. The zero-order chi connectivity index (χ0) is 13.8. The number of nitrogens with two attached hydrogens (primary N) is 1. The van der Waals surface area contributed by atoms with Crippen molar-refractivity contribution >= 4 is 0 Å². The van der Waals surface area contributed by atoms with Gasteiger partial charge in [0.15, 0.2) is 5.92 Å². The molecule has 3 unspecified atom stereocenters. The molecule has 0 amide bonds. The van der Waals surface area contributed by atoms with Gasteiger partial charge in [-0.15, -0.1) is 0 Å². The number of hydrogen-bond donors (Lipinski definition) is 1. The standard InChI is InChI=1S/C12H20F3N3/c1-18(8-10(7-17)12(13,14)15)11-5-3-2-4-9(11)6-16/h9-11H,2-6,8,16H2,1H3. The van der Waals surface area contributed by atoms with E-state index in [1.807, 2.05) is 0 Å². The predicted octanol–water partition coefficient (Wildman–Crippen LogP) is 2.14. The van der Waals surface area contributed by atoms with Gasteiger partial charge in [-0.05, 0) is 32.4 Å². The van der Waals surface area contributed by atoms with E-state index in [1.54, 1.807) is 11.9 Å². The lowest BCUT2D eigenvalue weighted by Crippen LogP contribution is -2.46. The number of nitrogens with zero attached hydrogens (tertiary/aromatic N) is 2. The highest BCUT2D eigenvalue weighted by molar-refractivity contribution is 4.92. The summed E-state index contributed by atoms with van der Waals surface area (Å²) < 4.78 is 37.7. The number of hydrogen-bond acceptors (Lipinski definition) is 3. The molecule has 0 radical (unpaired) electrons. The molecule has 0 aromatic heterocycles. The van der Waals surface area contributed by atoms with Gasteiger partial charge in [0.2, 0.25) is 0 Å². The summed E-state index contributed by atoms with van der Waals surface area (Å²) in [7, 11) is 1.66. The molecule has 1 rings (SSSR count). The average Bonchev–Trinajstić information content (AvgIpc) is 2.34. The molecule has 3 atom stereocenters. The molecular formula is C12H20F3N3. The Hall–Kier alpha value is -0.800. The van der Waals surface area contributed by atoms with Crippen molar-refractivity contribution in [3.63, 3.8) is 0 Å². The fraction of sp³-hybridized carbons (Fsp3) is 0.917. The quantitative estimate of drug-likeness (QED) is 0.845. The lowest BCUT2D eigenvalue weighted by Gasteiger charge is -2.38. The Labute approximate surface area is 106 Å². The molecule has 0 spiro atoms. The van der Waals surface area contributed by atoms with E-state index in [2.05, 4.69) is 0 Å². The third-order valence-electron chi connectivity index (χ3n) is 3.76. The van der Waals surface area contributed by atoms with E-state index in [4.69, 9.17) is 11.0 Å². The molecular weight excluding hydrogens is 243 g/mol. The maximum atomic E-state index is 12.6. The van der Waals surface area contributed by atoms with Crippen molar-refractivity contribution in [1.29, 1.82) is 5.26 Å². The second kappa shape index (κ2) is 6.39. The van der Waals surface area contributed by atoms with E-state index in [9.17, 15) is 13.2 Å². The fourth-order valence-corrected chi connectivity index (χ4v) is 2.68. The molecule has 18 heavy (non-hydrogen) atoms. The van der Waals surface area contributed by atoms with Crippen LogP contribution in [0.25, 0.3) is 0 Å². The van der Waals surface area contributed by atoms with Crippen LogP contribution >= 0.6 is 0 Å². The van der Waals surface area contributed by atoms with Crippen molar-refractivity contribution < 1.29 is 13.2 Å². The largest absolute Gasteiger partial charge is 0.405 e. The van der Waals surface area contributed by atoms with Gasteiger partial charge in [-0.1, -0.05) is 12.8 Å². The number of halogens is 3. The molecule has 1 aliphatic carbocycles. The van der Waals surface area contributed by atoms with Crippen LogP contribution < -0.4 is 5.73 Å². The van der Waals surface area contributed by atoms with Crippen LogP contribution in [0.15, 0.2) is 0 Å². The van der Waals surface area contributed by atoms with Crippen LogP contribution in [0, 0.1) is 23.2 Å². The van der Waals surface area contributed by atoms with Gasteiger partial charge >= 0.3 is 6.18 Å². The molecule has 0 aromatic rings. The summed E-state index contributed by atoms with van der Waals surface area (Å²) in [5, 5.41) is 8.61. The first-order valence-electron chi connectivity index (χ1n) is 6.26. The number of rotatable bonds is 4. The maximum Gasteiger partial charge on any atom is 0.405 e. The highest BCUT2D eigenvalue weighted by Gasteiger charge is 2.41. The second-order valence-electron chi connectivity index (χ2n) is 5.01. The predicted molar refractivity (Wildman–Crippen MR) is 62.6 cm³/mol. The van der Waals surface area contributed by atoms with Crippen LogP contribution in [-0.2, 0) is 0 Å². The normalized spacial score (nSPS) is 26.9. The monoisotopic (exact) mass is 263 g/mol. The van der Waals surface area contributed by atoms with Crippen LogP contribution in [0.3, 0.4) is 0 Å². The third kappa shape index (κ3) is 3.85. The first-order chi connectivity index (χ1) is 8.40. The number of alkyl halides is 3. The zero-order valence-electron chi connectivity index (χ0n) is 10.6. The first kappa shape index (κ1) is 15.3. The first-order valence-corrected chi connectivity index (χ1v) is 6.26. The Morgan fingerprint density at radius 3 is 2.50 bits per heavy atom. The molecule has 1 aliphatic rings. The van der Waals surface area contributed by atoms with Crippen LogP contribution in [0.5, 0.6) is 0 Å². The van der Waals surface area contributed by atoms with E-state index in [-0.39, 0.29) is 18.5 Å². The summed E-state index contributed by atoms with van der Waals surface area (Å²) in [6.07, 6.45) is -0.499. The highest BCUT2D eigenvalue weighted by atomic mass is 19.4. The van der Waals surface area contributed by atoms with Gasteiger partial charge in [0.05, 0.1) is 6.07 Å². The van der Waals surface area contributed by atoms with Crippen LogP contribution in [-0.4, -0.2) is 37.3 Å². The maximum absolute atomic E-state index is 12.6. The molecule has 6 heteroatoms. The molecule has 104 valence electrons. The summed E-state index contributed by atoms with van der Waals surface area (Å²) in [6.45, 7) is 0.236. The fourth-order valence-electron chi connectivity index (χ4n) is 2.68. The van der Waals surface area contributed by atoms with Gasteiger partial charge in [0.25, 0.3) is 0 Å². The van der Waals surface area contributed by atoms with Gasteiger partial charge in [-0.3, -0.25) is 0 Å². The number of nitriles is 1. The minimum Gasteiger partial charge on any atom is -0.330 e. The minimum atomic E-state index is -4.45. The Morgan fingerprint density at radius 2 is 2.00 bits per heavy atom. The minimum absolute atomic E-state index is 0.0712. The van der Waals surface area contributed by atoms with Gasteiger partial charge < -0.3 is 10.6 Å².